The van der Waals surface area contributed by atoms with Crippen molar-refractivity contribution >= 4 is 27.3 Å². The monoisotopic (exact) mass is 283 g/mol. The Bertz CT molecular complexity index is 476. The minimum Gasteiger partial charge on any atom is -0.452 e. The van der Waals surface area contributed by atoms with Crippen LogP contribution in [0.3, 0.4) is 0 Å². The molecule has 4 heteroatoms. The van der Waals surface area contributed by atoms with E-state index in [-0.39, 0.29) is 6.04 Å². The summed E-state index contributed by atoms with van der Waals surface area (Å²) in [5.41, 5.74) is 1.37. The second kappa shape index (κ2) is 3.77. The number of hydrogen-bond acceptors (Lipinski definition) is 3. The van der Waals surface area contributed by atoms with Crippen LogP contribution in [0.4, 0.5) is 0 Å². The summed E-state index contributed by atoms with van der Waals surface area (Å²) in [6.07, 6.45) is 1.13. The normalized spacial score (nSPS) is 20.2. The van der Waals surface area contributed by atoms with Gasteiger partial charge in [0, 0.05) is 11.4 Å². The SMILES string of the molecule is Brc1ccc(C2NCCc3sccc32)o1. The predicted molar refractivity (Wildman–Crippen MR) is 64.3 cm³/mol. The standard InChI is InChI=1S/C11H10BrNOS/c12-10-2-1-8(14-10)11-7-4-6-15-9(7)3-5-13-11/h1-2,4,6,11,13H,3,5H2. The van der Waals surface area contributed by atoms with Crippen molar-refractivity contribution in [1.82, 2.24) is 5.32 Å². The van der Waals surface area contributed by atoms with Crippen LogP contribution >= 0.6 is 27.3 Å². The molecule has 0 bridgehead atoms. The molecular weight excluding hydrogens is 274 g/mol. The zero-order chi connectivity index (χ0) is 10.3. The van der Waals surface area contributed by atoms with Crippen LogP contribution in [0.25, 0.3) is 0 Å². The number of rotatable bonds is 1. The molecule has 0 spiro atoms. The third kappa shape index (κ3) is 1.67. The smallest absolute Gasteiger partial charge is 0.169 e. The van der Waals surface area contributed by atoms with Gasteiger partial charge in [0.25, 0.3) is 0 Å². The molecule has 0 radical (unpaired) electrons. The van der Waals surface area contributed by atoms with Gasteiger partial charge in [-0.25, -0.2) is 0 Å². The zero-order valence-corrected chi connectivity index (χ0v) is 10.4. The molecule has 0 aromatic carbocycles. The number of halogens is 1. The maximum atomic E-state index is 5.61. The number of thiophene rings is 1. The summed E-state index contributed by atoms with van der Waals surface area (Å²) < 4.78 is 6.40. The van der Waals surface area contributed by atoms with Crippen LogP contribution in [0.15, 0.2) is 32.7 Å². The third-order valence-corrected chi connectivity index (χ3v) is 4.09. The fourth-order valence-electron chi connectivity index (χ4n) is 1.99. The summed E-state index contributed by atoms with van der Waals surface area (Å²) in [4.78, 5) is 1.48. The molecule has 78 valence electrons. The Morgan fingerprint density at radius 2 is 2.33 bits per heavy atom. The lowest BCUT2D eigenvalue weighted by Crippen LogP contribution is -2.29. The Morgan fingerprint density at radius 3 is 3.13 bits per heavy atom. The lowest BCUT2D eigenvalue weighted by atomic mass is 10.0. The Balaban J connectivity index is 2.02. The molecule has 2 aromatic heterocycles. The van der Waals surface area contributed by atoms with Gasteiger partial charge >= 0.3 is 0 Å². The molecule has 0 saturated carbocycles. The molecule has 0 amide bonds. The lowest BCUT2D eigenvalue weighted by molar-refractivity contribution is 0.425. The van der Waals surface area contributed by atoms with Gasteiger partial charge in [0.2, 0.25) is 0 Å². The highest BCUT2D eigenvalue weighted by Crippen LogP contribution is 2.33. The fourth-order valence-corrected chi connectivity index (χ4v) is 3.23. The van der Waals surface area contributed by atoms with Crippen molar-refractivity contribution < 1.29 is 4.42 Å². The van der Waals surface area contributed by atoms with Gasteiger partial charge in [0.15, 0.2) is 4.67 Å². The molecule has 0 aliphatic carbocycles. The van der Waals surface area contributed by atoms with E-state index in [9.17, 15) is 0 Å². The number of furan rings is 1. The van der Waals surface area contributed by atoms with Crippen molar-refractivity contribution in [2.45, 2.75) is 12.5 Å². The van der Waals surface area contributed by atoms with Crippen LogP contribution in [-0.2, 0) is 6.42 Å². The van der Waals surface area contributed by atoms with E-state index in [1.807, 2.05) is 23.5 Å². The van der Waals surface area contributed by atoms with Crippen LogP contribution in [0, 0.1) is 0 Å². The van der Waals surface area contributed by atoms with Gasteiger partial charge in [0.05, 0.1) is 6.04 Å². The first-order valence-electron chi connectivity index (χ1n) is 4.89. The Hall–Kier alpha value is -0.580. The molecule has 1 atom stereocenters. The number of nitrogens with one attached hydrogen (secondary N) is 1. The fraction of sp³-hybridized carbons (Fsp3) is 0.273. The maximum absolute atomic E-state index is 5.61. The van der Waals surface area contributed by atoms with E-state index in [0.717, 1.165) is 23.4 Å². The minimum atomic E-state index is 0.228. The topological polar surface area (TPSA) is 25.2 Å². The molecule has 2 aromatic rings. The van der Waals surface area contributed by atoms with Crippen molar-refractivity contribution in [3.63, 3.8) is 0 Å². The highest BCUT2D eigenvalue weighted by Gasteiger charge is 2.24. The first-order valence-corrected chi connectivity index (χ1v) is 6.57. The van der Waals surface area contributed by atoms with Crippen LogP contribution in [0.5, 0.6) is 0 Å². The molecule has 1 aliphatic heterocycles. The second-order valence-corrected chi connectivity index (χ2v) is 5.36. The summed E-state index contributed by atoms with van der Waals surface area (Å²) in [6.45, 7) is 1.02. The highest BCUT2D eigenvalue weighted by atomic mass is 79.9. The van der Waals surface area contributed by atoms with Crippen LogP contribution in [0.1, 0.15) is 22.2 Å². The van der Waals surface area contributed by atoms with Crippen molar-refractivity contribution in [2.75, 3.05) is 6.54 Å². The van der Waals surface area contributed by atoms with Gasteiger partial charge in [-0.05, 0) is 51.5 Å². The summed E-state index contributed by atoms with van der Waals surface area (Å²) in [5, 5.41) is 5.64. The van der Waals surface area contributed by atoms with E-state index in [1.165, 1.54) is 10.4 Å². The van der Waals surface area contributed by atoms with Gasteiger partial charge in [-0.2, -0.15) is 0 Å². The first kappa shape index (κ1) is 9.63. The third-order valence-electron chi connectivity index (χ3n) is 2.67. The lowest BCUT2D eigenvalue weighted by Gasteiger charge is -2.22. The molecule has 2 nitrogen and oxygen atoms in total. The van der Waals surface area contributed by atoms with Gasteiger partial charge in [0.1, 0.15) is 5.76 Å². The van der Waals surface area contributed by atoms with Gasteiger partial charge in [-0.15, -0.1) is 11.3 Å². The molecule has 0 fully saturated rings. The van der Waals surface area contributed by atoms with Crippen molar-refractivity contribution in [3.05, 3.63) is 44.4 Å². The summed E-state index contributed by atoms with van der Waals surface area (Å²) in [6, 6.07) is 6.38. The molecule has 1 aliphatic rings. The van der Waals surface area contributed by atoms with Crippen LogP contribution < -0.4 is 5.32 Å². The quantitative estimate of drug-likeness (QED) is 0.869. The molecule has 0 saturated heterocycles. The average molecular weight is 284 g/mol. The van der Waals surface area contributed by atoms with E-state index in [0.29, 0.717) is 0 Å². The van der Waals surface area contributed by atoms with E-state index < -0.39 is 0 Å². The zero-order valence-electron chi connectivity index (χ0n) is 8.00. The Labute approximate surface area is 100 Å². The van der Waals surface area contributed by atoms with Crippen LogP contribution in [0.2, 0.25) is 0 Å². The van der Waals surface area contributed by atoms with Crippen molar-refractivity contribution in [2.24, 2.45) is 0 Å². The predicted octanol–water partition coefficient (Wildman–Crippen LogP) is 3.34. The van der Waals surface area contributed by atoms with Crippen molar-refractivity contribution in [1.29, 1.82) is 0 Å². The molecule has 1 unspecified atom stereocenters. The summed E-state index contributed by atoms with van der Waals surface area (Å²) in [7, 11) is 0. The maximum Gasteiger partial charge on any atom is 0.169 e. The van der Waals surface area contributed by atoms with Gasteiger partial charge in [-0.1, -0.05) is 0 Å². The number of hydrogen-bond donors (Lipinski definition) is 1. The van der Waals surface area contributed by atoms with Crippen LogP contribution in [-0.4, -0.2) is 6.54 Å². The first-order chi connectivity index (χ1) is 7.34. The van der Waals surface area contributed by atoms with Gasteiger partial charge < -0.3 is 9.73 Å². The minimum absolute atomic E-state index is 0.228. The summed E-state index contributed by atoms with van der Waals surface area (Å²) in [5.74, 6) is 0.987. The molecule has 3 rings (SSSR count). The molecular formula is C11H10BrNOS. The van der Waals surface area contributed by atoms with E-state index >= 15 is 0 Å². The average Bonchev–Trinajstić information content (AvgIpc) is 2.84. The molecule has 1 N–H and O–H groups in total. The summed E-state index contributed by atoms with van der Waals surface area (Å²) >= 11 is 5.17. The molecule has 15 heavy (non-hydrogen) atoms. The van der Waals surface area contributed by atoms with Gasteiger partial charge in [-0.3, -0.25) is 0 Å². The number of fused-ring (bicyclic) bond motifs is 1. The van der Waals surface area contributed by atoms with E-state index in [4.69, 9.17) is 4.42 Å². The second-order valence-electron chi connectivity index (χ2n) is 3.58. The Morgan fingerprint density at radius 1 is 1.40 bits per heavy atom. The van der Waals surface area contributed by atoms with E-state index in [1.54, 1.807) is 0 Å². The molecule has 3 heterocycles. The highest BCUT2D eigenvalue weighted by molar-refractivity contribution is 9.10. The Kier molecular flexibility index (Phi) is 2.42. The largest absolute Gasteiger partial charge is 0.452 e. The van der Waals surface area contributed by atoms with Crippen molar-refractivity contribution in [3.8, 4) is 0 Å². The van der Waals surface area contributed by atoms with E-state index in [2.05, 4.69) is 32.7 Å².